The van der Waals surface area contributed by atoms with Gasteiger partial charge < -0.3 is 25.4 Å². The summed E-state index contributed by atoms with van der Waals surface area (Å²) in [6, 6.07) is 22.0. The van der Waals surface area contributed by atoms with E-state index < -0.39 is 0 Å². The molecule has 1 aliphatic heterocycles. The molecule has 0 spiro atoms. The van der Waals surface area contributed by atoms with Gasteiger partial charge in [-0.3, -0.25) is 4.79 Å². The van der Waals surface area contributed by atoms with Crippen molar-refractivity contribution in [2.75, 3.05) is 30.8 Å². The van der Waals surface area contributed by atoms with Gasteiger partial charge in [-0.15, -0.1) is 0 Å². The van der Waals surface area contributed by atoms with Crippen LogP contribution in [0.3, 0.4) is 0 Å². The zero-order valence-corrected chi connectivity index (χ0v) is 22.2. The van der Waals surface area contributed by atoms with Crippen molar-refractivity contribution in [2.24, 2.45) is 0 Å². The number of carbonyl (C=O) groups is 1. The van der Waals surface area contributed by atoms with Crippen molar-refractivity contribution in [3.8, 4) is 5.75 Å². The van der Waals surface area contributed by atoms with Gasteiger partial charge in [0.1, 0.15) is 24.5 Å². The number of nitrogens with one attached hydrogen (secondary N) is 3. The lowest BCUT2D eigenvalue weighted by atomic mass is 10.1. The minimum absolute atomic E-state index is 0.365. The fraction of sp³-hybridized carbons (Fsp3) is 0.250. The van der Waals surface area contributed by atoms with Crippen LogP contribution in [0.2, 0.25) is 0 Å². The molecule has 0 unspecified atom stereocenters. The molecule has 192 valence electrons. The molecule has 3 aromatic carbocycles. The van der Waals surface area contributed by atoms with Crippen LogP contribution in [0.4, 0.5) is 17.2 Å². The lowest BCUT2D eigenvalue weighted by Crippen LogP contribution is -2.35. The maximum Gasteiger partial charge on any atom is 0.293 e. The number of carbonyl (C=O) groups excluding carboxylic acids is 1. The molecular weight excluding hydrogens is 534 g/mol. The van der Waals surface area contributed by atoms with Gasteiger partial charge in [-0.25, -0.2) is 9.97 Å². The number of piperidine rings is 1. The van der Waals surface area contributed by atoms with E-state index in [1.807, 2.05) is 60.7 Å². The first-order chi connectivity index (χ1) is 18.2. The van der Waals surface area contributed by atoms with Gasteiger partial charge in [-0.05, 0) is 55.8 Å². The second kappa shape index (κ2) is 13.6. The topological polar surface area (TPSA) is 97.4 Å². The molecule has 1 aromatic heterocycles. The molecule has 0 saturated carbocycles. The number of rotatable bonds is 8. The first kappa shape index (κ1) is 26.4. The van der Waals surface area contributed by atoms with Crippen molar-refractivity contribution in [3.05, 3.63) is 83.1 Å². The molecule has 0 aliphatic carbocycles. The molecule has 1 saturated heterocycles. The van der Waals surface area contributed by atoms with Crippen LogP contribution in [0.25, 0.3) is 10.9 Å². The normalized spacial score (nSPS) is 13.2. The highest BCUT2D eigenvalue weighted by Crippen LogP contribution is 2.34. The van der Waals surface area contributed by atoms with Gasteiger partial charge in [-0.1, -0.05) is 52.3 Å². The first-order valence-corrected chi connectivity index (χ1v) is 12.9. The smallest absolute Gasteiger partial charge is 0.293 e. The predicted molar refractivity (Wildman–Crippen MR) is 150 cm³/mol. The van der Waals surface area contributed by atoms with E-state index in [4.69, 9.17) is 4.74 Å². The van der Waals surface area contributed by atoms with E-state index in [0.717, 1.165) is 69.8 Å². The highest BCUT2D eigenvalue weighted by molar-refractivity contribution is 9.10. The molecule has 5 rings (SSSR count). The molecule has 2 heterocycles. The Labute approximate surface area is 224 Å². The quantitative estimate of drug-likeness (QED) is 0.236. The number of ether oxygens (including phenoxy) is 2. The molecule has 0 radical (unpaired) electrons. The molecule has 0 atom stereocenters. The summed E-state index contributed by atoms with van der Waals surface area (Å²) in [5.41, 5.74) is 3.79. The third-order valence-corrected chi connectivity index (χ3v) is 6.40. The van der Waals surface area contributed by atoms with Gasteiger partial charge in [0.2, 0.25) is 0 Å². The lowest BCUT2D eigenvalue weighted by molar-refractivity contribution is -0.129. The van der Waals surface area contributed by atoms with Crippen molar-refractivity contribution < 1.29 is 14.3 Å². The average Bonchev–Trinajstić information content (AvgIpc) is 2.93. The van der Waals surface area contributed by atoms with Gasteiger partial charge in [0.25, 0.3) is 6.47 Å². The van der Waals surface area contributed by atoms with E-state index in [1.54, 1.807) is 13.4 Å². The Morgan fingerprint density at radius 1 is 1.05 bits per heavy atom. The molecule has 3 N–H and O–H groups in total. The number of anilines is 3. The monoisotopic (exact) mass is 563 g/mol. The summed E-state index contributed by atoms with van der Waals surface area (Å²) >= 11 is 3.51. The Bertz CT molecular complexity index is 1300. The van der Waals surface area contributed by atoms with Crippen LogP contribution in [-0.4, -0.2) is 42.7 Å². The van der Waals surface area contributed by atoms with Gasteiger partial charge >= 0.3 is 0 Å². The van der Waals surface area contributed by atoms with Crippen LogP contribution in [-0.2, 0) is 16.1 Å². The summed E-state index contributed by atoms with van der Waals surface area (Å²) in [4.78, 5) is 18.6. The van der Waals surface area contributed by atoms with Crippen molar-refractivity contribution in [2.45, 2.75) is 25.5 Å². The maximum atomic E-state index is 9.76. The SMILES string of the molecule is COc1cc2ncnc(Nc3cccc(Br)c3)c2cc1NC1CCNCC1.O=COCc1ccccc1. The van der Waals surface area contributed by atoms with Crippen LogP contribution in [0.1, 0.15) is 18.4 Å². The number of nitrogens with zero attached hydrogens (tertiary/aromatic N) is 2. The molecule has 8 nitrogen and oxygen atoms in total. The van der Waals surface area contributed by atoms with E-state index in [0.29, 0.717) is 19.1 Å². The lowest BCUT2D eigenvalue weighted by Gasteiger charge is -2.25. The minimum atomic E-state index is 0.365. The highest BCUT2D eigenvalue weighted by atomic mass is 79.9. The van der Waals surface area contributed by atoms with Crippen molar-refractivity contribution in [3.63, 3.8) is 0 Å². The van der Waals surface area contributed by atoms with Crippen molar-refractivity contribution >= 4 is 50.5 Å². The number of benzene rings is 3. The number of methoxy groups -OCH3 is 1. The van der Waals surface area contributed by atoms with Crippen LogP contribution in [0.15, 0.2) is 77.5 Å². The summed E-state index contributed by atoms with van der Waals surface area (Å²) in [6.45, 7) is 2.88. The fourth-order valence-electron chi connectivity index (χ4n) is 4.06. The molecule has 9 heteroatoms. The van der Waals surface area contributed by atoms with Gasteiger partial charge in [0.05, 0.1) is 18.3 Å². The largest absolute Gasteiger partial charge is 0.495 e. The molecular formula is C28H30BrN5O3. The van der Waals surface area contributed by atoms with Gasteiger partial charge in [0, 0.05) is 27.7 Å². The average molecular weight is 564 g/mol. The summed E-state index contributed by atoms with van der Waals surface area (Å²) in [5, 5.41) is 11.4. The number of fused-ring (bicyclic) bond motifs is 1. The van der Waals surface area contributed by atoms with Gasteiger partial charge in [0.15, 0.2) is 0 Å². The van der Waals surface area contributed by atoms with Crippen LogP contribution in [0, 0.1) is 0 Å². The Balaban J connectivity index is 0.000000270. The second-order valence-electron chi connectivity index (χ2n) is 8.49. The first-order valence-electron chi connectivity index (χ1n) is 12.1. The Kier molecular flexibility index (Phi) is 9.67. The highest BCUT2D eigenvalue weighted by Gasteiger charge is 2.16. The van der Waals surface area contributed by atoms with E-state index >= 15 is 0 Å². The summed E-state index contributed by atoms with van der Waals surface area (Å²) in [5.74, 6) is 1.57. The molecule has 0 bridgehead atoms. The predicted octanol–water partition coefficient (Wildman–Crippen LogP) is 5.67. The number of halogens is 1. The molecule has 37 heavy (non-hydrogen) atoms. The molecule has 1 fully saturated rings. The summed E-state index contributed by atoms with van der Waals surface area (Å²) in [6.07, 6.45) is 3.76. The zero-order chi connectivity index (χ0) is 25.9. The van der Waals surface area contributed by atoms with Crippen molar-refractivity contribution in [1.82, 2.24) is 15.3 Å². The summed E-state index contributed by atoms with van der Waals surface area (Å²) < 4.78 is 11.2. The van der Waals surface area contributed by atoms with Crippen LogP contribution in [0.5, 0.6) is 5.75 Å². The third-order valence-electron chi connectivity index (χ3n) is 5.90. The number of hydrogen-bond donors (Lipinski definition) is 3. The number of hydrogen-bond acceptors (Lipinski definition) is 8. The summed E-state index contributed by atoms with van der Waals surface area (Å²) in [7, 11) is 1.69. The van der Waals surface area contributed by atoms with Crippen molar-refractivity contribution in [1.29, 1.82) is 0 Å². The van der Waals surface area contributed by atoms with Gasteiger partial charge in [-0.2, -0.15) is 0 Å². The Morgan fingerprint density at radius 2 is 1.86 bits per heavy atom. The zero-order valence-electron chi connectivity index (χ0n) is 20.6. The maximum absolute atomic E-state index is 9.76. The van der Waals surface area contributed by atoms with E-state index in [1.165, 1.54) is 0 Å². The third kappa shape index (κ3) is 7.65. The van der Waals surface area contributed by atoms with E-state index in [-0.39, 0.29) is 0 Å². The Hall–Kier alpha value is -3.69. The number of aromatic nitrogens is 2. The van der Waals surface area contributed by atoms with Crippen LogP contribution < -0.4 is 20.7 Å². The molecule has 4 aromatic rings. The molecule has 1 aliphatic rings. The van der Waals surface area contributed by atoms with Crippen LogP contribution >= 0.6 is 15.9 Å². The van der Waals surface area contributed by atoms with E-state index in [2.05, 4.69) is 52.7 Å². The van der Waals surface area contributed by atoms with E-state index in [9.17, 15) is 4.79 Å². The standard InChI is InChI=1S/C20H22BrN5O.C8H8O2/c1-27-19-11-17-16(10-18(19)25-14-5-7-22-8-6-14)20(24-12-23-17)26-15-4-2-3-13(21)9-15;9-7-10-6-8-4-2-1-3-5-8/h2-4,9-12,14,22,25H,5-8H2,1H3,(H,23,24,26);1-5,7H,6H2. The Morgan fingerprint density at radius 3 is 2.59 bits per heavy atom. The fourth-order valence-corrected chi connectivity index (χ4v) is 4.46. The minimum Gasteiger partial charge on any atom is -0.495 e. The molecule has 0 amide bonds. The second-order valence-corrected chi connectivity index (χ2v) is 9.40.